The monoisotopic (exact) mass is 391 g/mol. The average molecular weight is 391 g/mol. The molecule has 1 saturated carbocycles. The Labute approximate surface area is 165 Å². The van der Waals surface area contributed by atoms with Crippen LogP contribution >= 0.6 is 0 Å². The summed E-state index contributed by atoms with van der Waals surface area (Å²) in [5.41, 5.74) is 6.46. The van der Waals surface area contributed by atoms with Crippen molar-refractivity contribution in [1.82, 2.24) is 10.6 Å². The molecule has 0 unspecified atom stereocenters. The third-order valence-corrected chi connectivity index (χ3v) is 5.67. The minimum Gasteiger partial charge on any atom is -0.534 e. The lowest BCUT2D eigenvalue weighted by Crippen LogP contribution is -2.53. The topological polar surface area (TPSA) is 137 Å². The van der Waals surface area contributed by atoms with Gasteiger partial charge < -0.3 is 36.3 Å². The third-order valence-electron chi connectivity index (χ3n) is 5.67. The standard InChI is InChI=1S/C19H30BN3O5/c21-8-9-22-14-6-4-12(5-7-14)10-17(24)23-16-11-13-2-1-3-15(19(25)26)18(13)28-20(16)27/h1-3,12,14,16,19,22,25-27H,4-11,21H2,(H,23,24)/t12-,14-,16-/m0/s1. The lowest BCUT2D eigenvalue weighted by molar-refractivity contribution is -0.122. The largest absolute Gasteiger partial charge is 0.547 e. The Morgan fingerprint density at radius 3 is 2.71 bits per heavy atom. The van der Waals surface area contributed by atoms with Crippen LogP contribution in [0, 0.1) is 5.92 Å². The number of nitrogens with one attached hydrogen (secondary N) is 2. The highest BCUT2D eigenvalue weighted by Crippen LogP contribution is 2.33. The van der Waals surface area contributed by atoms with E-state index in [-0.39, 0.29) is 17.2 Å². The molecule has 1 amide bonds. The van der Waals surface area contributed by atoms with Crippen molar-refractivity contribution in [1.29, 1.82) is 0 Å². The molecule has 1 heterocycles. The molecule has 1 aromatic carbocycles. The van der Waals surface area contributed by atoms with Crippen LogP contribution in [0.1, 0.15) is 49.5 Å². The second kappa shape index (κ2) is 9.71. The van der Waals surface area contributed by atoms with Crippen molar-refractivity contribution in [2.24, 2.45) is 11.7 Å². The van der Waals surface area contributed by atoms with Gasteiger partial charge in [0, 0.05) is 31.1 Å². The second-order valence-corrected chi connectivity index (χ2v) is 7.76. The number of amides is 1. The number of rotatable bonds is 7. The van der Waals surface area contributed by atoms with Crippen molar-refractivity contribution in [2.45, 2.75) is 56.8 Å². The lowest BCUT2D eigenvalue weighted by atomic mass is 9.72. The molecule has 1 aromatic rings. The molecule has 0 aromatic heterocycles. The SMILES string of the molecule is NCCN[C@H]1CC[C@H](CC(=O)N[C@H]2Cc3cccc(C(O)O)c3OB2O)CC1. The predicted molar refractivity (Wildman–Crippen MR) is 105 cm³/mol. The first-order valence-corrected chi connectivity index (χ1v) is 10.0. The molecule has 154 valence electrons. The van der Waals surface area contributed by atoms with E-state index in [4.69, 9.17) is 10.4 Å². The van der Waals surface area contributed by atoms with E-state index in [1.807, 2.05) is 0 Å². The van der Waals surface area contributed by atoms with Gasteiger partial charge in [-0.3, -0.25) is 4.79 Å². The molecule has 3 rings (SSSR count). The maximum atomic E-state index is 12.5. The highest BCUT2D eigenvalue weighted by molar-refractivity contribution is 6.46. The van der Waals surface area contributed by atoms with Crippen LogP contribution in [0.3, 0.4) is 0 Å². The Balaban J connectivity index is 1.51. The molecule has 0 spiro atoms. The first-order valence-electron chi connectivity index (χ1n) is 10.0. The van der Waals surface area contributed by atoms with Crippen LogP contribution in [0.25, 0.3) is 0 Å². The molecule has 0 radical (unpaired) electrons. The summed E-state index contributed by atoms with van der Waals surface area (Å²) in [6.07, 6.45) is 3.23. The number of benzene rings is 1. The van der Waals surface area contributed by atoms with Crippen LogP contribution in [0.4, 0.5) is 0 Å². The van der Waals surface area contributed by atoms with Crippen LogP contribution in [-0.2, 0) is 11.2 Å². The fraction of sp³-hybridized carbons (Fsp3) is 0.632. The number of carbonyl (C=O) groups is 1. The molecule has 1 aliphatic heterocycles. The van der Waals surface area contributed by atoms with Gasteiger partial charge in [0.05, 0.1) is 5.94 Å². The Kier molecular flexibility index (Phi) is 7.31. The second-order valence-electron chi connectivity index (χ2n) is 7.76. The quantitative estimate of drug-likeness (QED) is 0.275. The van der Waals surface area contributed by atoms with E-state index in [1.165, 1.54) is 6.07 Å². The Morgan fingerprint density at radius 1 is 1.29 bits per heavy atom. The molecule has 9 heteroatoms. The summed E-state index contributed by atoms with van der Waals surface area (Å²) in [6, 6.07) is 5.52. The number of carbonyl (C=O) groups excluding carboxylic acids is 1. The van der Waals surface area contributed by atoms with Crippen LogP contribution in [-0.4, -0.2) is 53.3 Å². The molecular formula is C19H30BN3O5. The number of aliphatic hydroxyl groups is 2. The van der Waals surface area contributed by atoms with Crippen LogP contribution in [0.15, 0.2) is 18.2 Å². The Hall–Kier alpha value is -1.65. The normalized spacial score (nSPS) is 24.6. The van der Waals surface area contributed by atoms with E-state index in [2.05, 4.69) is 10.6 Å². The molecule has 28 heavy (non-hydrogen) atoms. The summed E-state index contributed by atoms with van der Waals surface area (Å²) in [4.78, 5) is 12.5. The number of hydrogen-bond acceptors (Lipinski definition) is 7. The molecule has 7 N–H and O–H groups in total. The first-order chi connectivity index (χ1) is 13.5. The van der Waals surface area contributed by atoms with Gasteiger partial charge in [0.2, 0.25) is 5.91 Å². The molecule has 2 aliphatic rings. The van der Waals surface area contributed by atoms with Gasteiger partial charge in [-0.1, -0.05) is 18.2 Å². The van der Waals surface area contributed by atoms with Crippen molar-refractivity contribution in [3.63, 3.8) is 0 Å². The zero-order chi connectivity index (χ0) is 20.1. The van der Waals surface area contributed by atoms with Crippen molar-refractivity contribution in [3.8, 4) is 5.75 Å². The summed E-state index contributed by atoms with van der Waals surface area (Å²) in [6.45, 7) is 1.46. The molecule has 1 atom stereocenters. The summed E-state index contributed by atoms with van der Waals surface area (Å²) < 4.78 is 5.48. The third kappa shape index (κ3) is 5.24. The smallest absolute Gasteiger partial charge is 0.534 e. The highest BCUT2D eigenvalue weighted by Gasteiger charge is 2.37. The summed E-state index contributed by atoms with van der Waals surface area (Å²) in [5.74, 6) is -0.0266. The van der Waals surface area contributed by atoms with Gasteiger partial charge in [-0.05, 0) is 43.6 Å². The average Bonchev–Trinajstić information content (AvgIpc) is 2.67. The Morgan fingerprint density at radius 2 is 2.04 bits per heavy atom. The van der Waals surface area contributed by atoms with E-state index < -0.39 is 19.3 Å². The molecule has 1 fully saturated rings. The van der Waals surface area contributed by atoms with Crippen molar-refractivity contribution >= 4 is 13.0 Å². The van der Waals surface area contributed by atoms with Gasteiger partial charge in [-0.15, -0.1) is 0 Å². The van der Waals surface area contributed by atoms with Gasteiger partial charge >= 0.3 is 7.12 Å². The zero-order valence-corrected chi connectivity index (χ0v) is 16.0. The van der Waals surface area contributed by atoms with Crippen molar-refractivity contribution in [3.05, 3.63) is 29.3 Å². The van der Waals surface area contributed by atoms with Crippen molar-refractivity contribution in [2.75, 3.05) is 13.1 Å². The summed E-state index contributed by atoms with van der Waals surface area (Å²) in [7, 11) is -1.23. The maximum absolute atomic E-state index is 12.5. The van der Waals surface area contributed by atoms with Gasteiger partial charge in [-0.25, -0.2) is 0 Å². The minimum atomic E-state index is -1.68. The molecule has 8 nitrogen and oxygen atoms in total. The van der Waals surface area contributed by atoms with Crippen molar-refractivity contribution < 1.29 is 24.7 Å². The van der Waals surface area contributed by atoms with Gasteiger partial charge in [0.15, 0.2) is 6.29 Å². The molecule has 0 bridgehead atoms. The zero-order valence-electron chi connectivity index (χ0n) is 16.0. The number of aliphatic hydroxyl groups excluding tert-OH is 1. The number of fused-ring (bicyclic) bond motifs is 1. The molecule has 1 aliphatic carbocycles. The Bertz CT molecular complexity index is 667. The molecule has 0 saturated heterocycles. The van der Waals surface area contributed by atoms with E-state index >= 15 is 0 Å². The van der Waals surface area contributed by atoms with E-state index in [1.54, 1.807) is 12.1 Å². The predicted octanol–water partition coefficient (Wildman–Crippen LogP) is -0.394. The fourth-order valence-corrected chi connectivity index (χ4v) is 4.16. The van der Waals surface area contributed by atoms with Crippen LogP contribution in [0.5, 0.6) is 5.75 Å². The number of hydrogen-bond donors (Lipinski definition) is 6. The van der Waals surface area contributed by atoms with Gasteiger partial charge in [0.1, 0.15) is 5.75 Å². The lowest BCUT2D eigenvalue weighted by Gasteiger charge is -2.31. The van der Waals surface area contributed by atoms with Crippen LogP contribution < -0.4 is 21.0 Å². The number of para-hydroxylation sites is 1. The van der Waals surface area contributed by atoms with Gasteiger partial charge in [-0.2, -0.15) is 0 Å². The van der Waals surface area contributed by atoms with Crippen LogP contribution in [0.2, 0.25) is 0 Å². The minimum absolute atomic E-state index is 0.0900. The van der Waals surface area contributed by atoms with Gasteiger partial charge in [0.25, 0.3) is 0 Å². The maximum Gasteiger partial charge on any atom is 0.547 e. The number of nitrogens with two attached hydrogens (primary N) is 1. The fourth-order valence-electron chi connectivity index (χ4n) is 4.16. The first kappa shape index (κ1) is 21.1. The highest BCUT2D eigenvalue weighted by atomic mass is 16.5. The van der Waals surface area contributed by atoms with E-state index in [0.29, 0.717) is 31.3 Å². The summed E-state index contributed by atoms with van der Waals surface area (Å²) >= 11 is 0. The van der Waals surface area contributed by atoms with E-state index in [9.17, 15) is 20.0 Å². The van der Waals surface area contributed by atoms with E-state index in [0.717, 1.165) is 37.8 Å². The summed E-state index contributed by atoms with van der Waals surface area (Å²) in [5, 5.41) is 35.5. The molecular weight excluding hydrogens is 361 g/mol.